The zero-order valence-electron chi connectivity index (χ0n) is 12.8. The van der Waals surface area contributed by atoms with Crippen molar-refractivity contribution in [1.82, 2.24) is 5.32 Å². The largest absolute Gasteiger partial charge is 0.310 e. The second-order valence-corrected chi connectivity index (χ2v) is 6.41. The van der Waals surface area contributed by atoms with E-state index < -0.39 is 0 Å². The highest BCUT2D eigenvalue weighted by Gasteiger charge is 2.21. The van der Waals surface area contributed by atoms with Crippen LogP contribution in [0.4, 0.5) is 0 Å². The van der Waals surface area contributed by atoms with Crippen LogP contribution in [0, 0.1) is 11.8 Å². The van der Waals surface area contributed by atoms with Gasteiger partial charge in [0.1, 0.15) is 0 Å². The SMILES string of the molecule is CCCc1ccc(C(C)NCC2CCC(C)C2)cc1. The lowest BCUT2D eigenvalue weighted by molar-refractivity contribution is 0.440. The Labute approximate surface area is 118 Å². The topological polar surface area (TPSA) is 12.0 Å². The Morgan fingerprint density at radius 3 is 2.53 bits per heavy atom. The molecule has 0 saturated heterocycles. The van der Waals surface area contributed by atoms with Crippen molar-refractivity contribution in [2.24, 2.45) is 11.8 Å². The van der Waals surface area contributed by atoms with Gasteiger partial charge in [-0.05, 0) is 55.7 Å². The molecule has 3 atom stereocenters. The summed E-state index contributed by atoms with van der Waals surface area (Å²) in [6, 6.07) is 9.63. The standard InChI is InChI=1S/C18H29N/c1-4-5-16-8-10-18(11-9-16)15(3)19-13-17-7-6-14(2)12-17/h8-11,14-15,17,19H,4-7,12-13H2,1-3H3. The van der Waals surface area contributed by atoms with Gasteiger partial charge in [0.25, 0.3) is 0 Å². The zero-order chi connectivity index (χ0) is 13.7. The van der Waals surface area contributed by atoms with E-state index in [2.05, 4.69) is 50.4 Å². The van der Waals surface area contributed by atoms with E-state index >= 15 is 0 Å². The molecule has 0 bridgehead atoms. The summed E-state index contributed by atoms with van der Waals surface area (Å²) in [5.74, 6) is 1.84. The van der Waals surface area contributed by atoms with Crippen molar-refractivity contribution >= 4 is 0 Å². The van der Waals surface area contributed by atoms with E-state index in [-0.39, 0.29) is 0 Å². The van der Waals surface area contributed by atoms with Crippen molar-refractivity contribution < 1.29 is 0 Å². The fraction of sp³-hybridized carbons (Fsp3) is 0.667. The Kier molecular flexibility index (Phi) is 5.45. The van der Waals surface area contributed by atoms with Crippen LogP contribution in [0.1, 0.15) is 63.6 Å². The van der Waals surface area contributed by atoms with Crippen molar-refractivity contribution in [3.63, 3.8) is 0 Å². The summed E-state index contributed by atoms with van der Waals surface area (Å²) in [6.45, 7) is 8.09. The first kappa shape index (κ1) is 14.6. The van der Waals surface area contributed by atoms with Gasteiger partial charge in [-0.3, -0.25) is 0 Å². The maximum atomic E-state index is 3.71. The van der Waals surface area contributed by atoms with Crippen LogP contribution < -0.4 is 5.32 Å². The second kappa shape index (κ2) is 7.09. The van der Waals surface area contributed by atoms with Crippen molar-refractivity contribution in [2.45, 2.75) is 58.9 Å². The van der Waals surface area contributed by atoms with E-state index in [0.717, 1.165) is 11.8 Å². The lowest BCUT2D eigenvalue weighted by Gasteiger charge is -2.18. The van der Waals surface area contributed by atoms with Crippen LogP contribution in [0.3, 0.4) is 0 Å². The lowest BCUT2D eigenvalue weighted by atomic mass is 10.0. The predicted molar refractivity (Wildman–Crippen MR) is 83.4 cm³/mol. The van der Waals surface area contributed by atoms with Crippen LogP contribution in [0.15, 0.2) is 24.3 Å². The molecule has 2 rings (SSSR count). The lowest BCUT2D eigenvalue weighted by Crippen LogP contribution is -2.24. The molecule has 1 saturated carbocycles. The number of rotatable bonds is 6. The van der Waals surface area contributed by atoms with Crippen LogP contribution in [-0.4, -0.2) is 6.54 Å². The summed E-state index contributed by atoms with van der Waals surface area (Å²) in [5, 5.41) is 3.71. The van der Waals surface area contributed by atoms with Crippen LogP contribution in [0.2, 0.25) is 0 Å². The molecule has 0 radical (unpaired) electrons. The van der Waals surface area contributed by atoms with Crippen molar-refractivity contribution in [1.29, 1.82) is 0 Å². The van der Waals surface area contributed by atoms with Gasteiger partial charge in [-0.2, -0.15) is 0 Å². The van der Waals surface area contributed by atoms with Crippen LogP contribution in [0.25, 0.3) is 0 Å². The maximum absolute atomic E-state index is 3.71. The van der Waals surface area contributed by atoms with E-state index in [1.54, 1.807) is 0 Å². The highest BCUT2D eigenvalue weighted by atomic mass is 14.9. The van der Waals surface area contributed by atoms with E-state index in [9.17, 15) is 0 Å². The first-order valence-electron chi connectivity index (χ1n) is 8.01. The summed E-state index contributed by atoms with van der Waals surface area (Å²) in [5.41, 5.74) is 2.88. The summed E-state index contributed by atoms with van der Waals surface area (Å²) in [6.07, 6.45) is 6.67. The number of benzene rings is 1. The fourth-order valence-corrected chi connectivity index (χ4v) is 3.23. The minimum Gasteiger partial charge on any atom is -0.310 e. The minimum absolute atomic E-state index is 0.478. The number of aryl methyl sites for hydroxylation is 1. The molecule has 1 nitrogen and oxygen atoms in total. The monoisotopic (exact) mass is 259 g/mol. The van der Waals surface area contributed by atoms with E-state index in [1.807, 2.05) is 0 Å². The van der Waals surface area contributed by atoms with Gasteiger partial charge in [0.15, 0.2) is 0 Å². The fourth-order valence-electron chi connectivity index (χ4n) is 3.23. The molecule has 19 heavy (non-hydrogen) atoms. The van der Waals surface area contributed by atoms with Gasteiger partial charge in [-0.25, -0.2) is 0 Å². The number of hydrogen-bond acceptors (Lipinski definition) is 1. The number of nitrogens with one attached hydrogen (secondary N) is 1. The quantitative estimate of drug-likeness (QED) is 0.779. The smallest absolute Gasteiger partial charge is 0.0291 e. The molecule has 0 aromatic heterocycles. The highest BCUT2D eigenvalue weighted by Crippen LogP contribution is 2.30. The Morgan fingerprint density at radius 1 is 1.21 bits per heavy atom. The van der Waals surface area contributed by atoms with E-state index in [1.165, 1.54) is 49.8 Å². The Hall–Kier alpha value is -0.820. The molecule has 0 aliphatic heterocycles. The predicted octanol–water partition coefficient (Wildman–Crippen LogP) is 4.73. The van der Waals surface area contributed by atoms with E-state index in [4.69, 9.17) is 0 Å². The molecule has 1 aromatic carbocycles. The van der Waals surface area contributed by atoms with Gasteiger partial charge in [0.2, 0.25) is 0 Å². The van der Waals surface area contributed by atoms with Crippen LogP contribution >= 0.6 is 0 Å². The first-order valence-corrected chi connectivity index (χ1v) is 8.01. The van der Waals surface area contributed by atoms with Crippen LogP contribution in [0.5, 0.6) is 0 Å². The van der Waals surface area contributed by atoms with Gasteiger partial charge >= 0.3 is 0 Å². The molecule has 1 fully saturated rings. The summed E-state index contributed by atoms with van der Waals surface area (Å²) in [7, 11) is 0. The average Bonchev–Trinajstić information content (AvgIpc) is 2.83. The summed E-state index contributed by atoms with van der Waals surface area (Å²) in [4.78, 5) is 0. The Morgan fingerprint density at radius 2 is 1.95 bits per heavy atom. The maximum Gasteiger partial charge on any atom is 0.0291 e. The minimum atomic E-state index is 0.478. The molecular formula is C18H29N. The van der Waals surface area contributed by atoms with Crippen molar-refractivity contribution in [2.75, 3.05) is 6.54 Å². The molecule has 1 heteroatoms. The zero-order valence-corrected chi connectivity index (χ0v) is 12.8. The molecule has 1 aliphatic carbocycles. The van der Waals surface area contributed by atoms with Gasteiger partial charge < -0.3 is 5.32 Å². The molecule has 0 spiro atoms. The summed E-state index contributed by atoms with van der Waals surface area (Å²) < 4.78 is 0. The van der Waals surface area contributed by atoms with Crippen molar-refractivity contribution in [3.8, 4) is 0 Å². The molecule has 0 amide bonds. The third-order valence-corrected chi connectivity index (χ3v) is 4.53. The van der Waals surface area contributed by atoms with Crippen LogP contribution in [-0.2, 0) is 6.42 Å². The van der Waals surface area contributed by atoms with Gasteiger partial charge in [0.05, 0.1) is 0 Å². The Balaban J connectivity index is 1.80. The van der Waals surface area contributed by atoms with Gasteiger partial charge in [-0.1, -0.05) is 51.0 Å². The molecule has 0 heterocycles. The number of hydrogen-bond donors (Lipinski definition) is 1. The molecular weight excluding hydrogens is 230 g/mol. The summed E-state index contributed by atoms with van der Waals surface area (Å²) >= 11 is 0. The molecule has 3 unspecified atom stereocenters. The third-order valence-electron chi connectivity index (χ3n) is 4.53. The van der Waals surface area contributed by atoms with E-state index in [0.29, 0.717) is 6.04 Å². The molecule has 1 aromatic rings. The normalized spacial score (nSPS) is 24.6. The molecule has 1 N–H and O–H groups in total. The highest BCUT2D eigenvalue weighted by molar-refractivity contribution is 5.24. The third kappa shape index (κ3) is 4.35. The average molecular weight is 259 g/mol. The van der Waals surface area contributed by atoms with Gasteiger partial charge in [0, 0.05) is 6.04 Å². The Bertz CT molecular complexity index is 368. The molecule has 106 valence electrons. The molecule has 1 aliphatic rings. The first-order chi connectivity index (χ1) is 9.19. The second-order valence-electron chi connectivity index (χ2n) is 6.41. The van der Waals surface area contributed by atoms with Gasteiger partial charge in [-0.15, -0.1) is 0 Å². The van der Waals surface area contributed by atoms with Crippen molar-refractivity contribution in [3.05, 3.63) is 35.4 Å².